The van der Waals surface area contributed by atoms with Crippen molar-refractivity contribution in [3.05, 3.63) is 42.0 Å². The third-order valence-electron chi connectivity index (χ3n) is 7.68. The zero-order chi connectivity index (χ0) is 21.9. The van der Waals surface area contributed by atoms with E-state index in [1.54, 1.807) is 6.07 Å². The summed E-state index contributed by atoms with van der Waals surface area (Å²) in [5.41, 5.74) is 0.893. The fraction of sp³-hybridized carbons (Fsp3) is 0.520. The number of ether oxygens (including phenoxy) is 1. The van der Waals surface area contributed by atoms with Crippen molar-refractivity contribution in [3.63, 3.8) is 0 Å². The summed E-state index contributed by atoms with van der Waals surface area (Å²) >= 11 is 0. The predicted octanol–water partition coefficient (Wildman–Crippen LogP) is 3.75. The van der Waals surface area contributed by atoms with E-state index in [4.69, 9.17) is 4.74 Å². The number of imide groups is 1. The van der Waals surface area contributed by atoms with E-state index >= 15 is 0 Å². The van der Waals surface area contributed by atoms with Crippen molar-refractivity contribution < 1.29 is 24.5 Å². The standard InChI is InChI=1S/C25H29NO5/c1-3-11-26-23(28)18-12-14(4-2)25(30)19(22(18)24(26)29)13-21(31-25)17-9-10-20(27)16-8-6-5-7-15(16)17/h5-10,14,18-19,21-22,27,30H,3-4,11-13H2,1-2H3/t14-,18-,19-,21-,22-,25+/m0/s1. The Morgan fingerprint density at radius 2 is 1.81 bits per heavy atom. The first-order chi connectivity index (χ1) is 14.9. The van der Waals surface area contributed by atoms with Gasteiger partial charge in [0.15, 0.2) is 5.79 Å². The van der Waals surface area contributed by atoms with Gasteiger partial charge in [0.05, 0.1) is 17.9 Å². The number of rotatable bonds is 4. The molecule has 0 unspecified atom stereocenters. The molecule has 6 heteroatoms. The summed E-state index contributed by atoms with van der Waals surface area (Å²) in [4.78, 5) is 27.6. The van der Waals surface area contributed by atoms with Crippen molar-refractivity contribution in [2.45, 2.75) is 51.4 Å². The van der Waals surface area contributed by atoms with Crippen LogP contribution in [0.2, 0.25) is 0 Å². The molecule has 2 heterocycles. The van der Waals surface area contributed by atoms with E-state index in [2.05, 4.69) is 0 Å². The zero-order valence-electron chi connectivity index (χ0n) is 18.0. The lowest BCUT2D eigenvalue weighted by molar-refractivity contribution is -0.269. The van der Waals surface area contributed by atoms with E-state index in [9.17, 15) is 19.8 Å². The molecule has 2 saturated heterocycles. The molecular weight excluding hydrogens is 394 g/mol. The number of carbonyl (C=O) groups is 2. The molecule has 2 N–H and O–H groups in total. The molecule has 0 spiro atoms. The molecule has 1 aliphatic carbocycles. The topological polar surface area (TPSA) is 87.1 Å². The molecule has 31 heavy (non-hydrogen) atoms. The van der Waals surface area contributed by atoms with Crippen LogP contribution in [0.3, 0.4) is 0 Å². The van der Waals surface area contributed by atoms with Gasteiger partial charge >= 0.3 is 0 Å². The molecule has 2 aliphatic heterocycles. The third kappa shape index (κ3) is 2.84. The summed E-state index contributed by atoms with van der Waals surface area (Å²) in [6, 6.07) is 11.1. The van der Waals surface area contributed by atoms with Crippen LogP contribution in [0.5, 0.6) is 5.75 Å². The minimum atomic E-state index is -1.43. The number of aromatic hydroxyl groups is 1. The Bertz CT molecular complexity index is 1050. The number of phenolic OH excluding ortho intramolecular Hbond substituents is 1. The first-order valence-corrected chi connectivity index (χ1v) is 11.4. The number of likely N-dealkylation sites (tertiary alicyclic amines) is 1. The molecular formula is C25H29NO5. The summed E-state index contributed by atoms with van der Waals surface area (Å²) in [5.74, 6) is -3.00. The smallest absolute Gasteiger partial charge is 0.233 e. The van der Waals surface area contributed by atoms with Crippen LogP contribution in [-0.2, 0) is 14.3 Å². The highest BCUT2D eigenvalue weighted by Gasteiger charge is 2.66. The summed E-state index contributed by atoms with van der Waals surface area (Å²) < 4.78 is 6.37. The van der Waals surface area contributed by atoms with Crippen LogP contribution in [-0.4, -0.2) is 39.3 Å². The van der Waals surface area contributed by atoms with E-state index in [-0.39, 0.29) is 29.4 Å². The number of aliphatic hydroxyl groups is 1. The van der Waals surface area contributed by atoms with Gasteiger partial charge in [0.1, 0.15) is 5.75 Å². The molecule has 164 valence electrons. The number of fused-ring (bicyclic) bond motifs is 4. The zero-order valence-corrected chi connectivity index (χ0v) is 18.0. The summed E-state index contributed by atoms with van der Waals surface area (Å²) in [6.45, 7) is 4.38. The highest BCUT2D eigenvalue weighted by Crippen LogP contribution is 2.59. The first-order valence-electron chi connectivity index (χ1n) is 11.4. The molecule has 1 saturated carbocycles. The predicted molar refractivity (Wildman–Crippen MR) is 115 cm³/mol. The molecule has 0 radical (unpaired) electrons. The maximum atomic E-state index is 13.2. The minimum Gasteiger partial charge on any atom is -0.507 e. The monoisotopic (exact) mass is 423 g/mol. The van der Waals surface area contributed by atoms with Gasteiger partial charge in [0.2, 0.25) is 11.8 Å². The number of carbonyl (C=O) groups excluding carboxylic acids is 2. The molecule has 5 rings (SSSR count). The van der Waals surface area contributed by atoms with Gasteiger partial charge < -0.3 is 14.9 Å². The fourth-order valence-electron chi connectivity index (χ4n) is 6.24. The van der Waals surface area contributed by atoms with Gasteiger partial charge in [-0.2, -0.15) is 0 Å². The van der Waals surface area contributed by atoms with Gasteiger partial charge in [-0.15, -0.1) is 0 Å². The van der Waals surface area contributed by atoms with E-state index < -0.39 is 23.7 Å². The lowest BCUT2D eigenvalue weighted by Crippen LogP contribution is -2.53. The molecule has 2 aromatic carbocycles. The molecule has 6 atom stereocenters. The average Bonchev–Trinajstić information content (AvgIpc) is 3.23. The van der Waals surface area contributed by atoms with Crippen LogP contribution in [0.25, 0.3) is 10.8 Å². The Morgan fingerprint density at radius 3 is 2.52 bits per heavy atom. The fourth-order valence-corrected chi connectivity index (χ4v) is 6.24. The van der Waals surface area contributed by atoms with Gasteiger partial charge in [-0.25, -0.2) is 0 Å². The van der Waals surface area contributed by atoms with Crippen LogP contribution in [0, 0.1) is 23.7 Å². The molecule has 6 nitrogen and oxygen atoms in total. The molecule has 3 fully saturated rings. The van der Waals surface area contributed by atoms with Gasteiger partial charge in [0.25, 0.3) is 0 Å². The van der Waals surface area contributed by atoms with Crippen LogP contribution in [0.1, 0.15) is 51.2 Å². The van der Waals surface area contributed by atoms with Gasteiger partial charge in [0, 0.05) is 23.8 Å². The van der Waals surface area contributed by atoms with Crippen LogP contribution in [0.4, 0.5) is 0 Å². The number of benzene rings is 2. The number of amides is 2. The largest absolute Gasteiger partial charge is 0.507 e. The summed E-state index contributed by atoms with van der Waals surface area (Å²) in [7, 11) is 0. The molecule has 2 amide bonds. The van der Waals surface area contributed by atoms with Crippen molar-refractivity contribution in [1.82, 2.24) is 4.90 Å². The van der Waals surface area contributed by atoms with Gasteiger partial charge in [-0.3, -0.25) is 14.5 Å². The second-order valence-corrected chi connectivity index (χ2v) is 9.22. The lowest BCUT2D eigenvalue weighted by atomic mass is 9.64. The lowest BCUT2D eigenvalue weighted by Gasteiger charge is -2.44. The average molecular weight is 424 g/mol. The van der Waals surface area contributed by atoms with E-state index in [0.29, 0.717) is 25.8 Å². The Morgan fingerprint density at radius 1 is 1.06 bits per heavy atom. The Hall–Kier alpha value is -2.44. The summed E-state index contributed by atoms with van der Waals surface area (Å²) in [5, 5.41) is 23.6. The molecule has 0 aromatic heterocycles. The maximum absolute atomic E-state index is 13.2. The number of nitrogens with zero attached hydrogens (tertiary/aromatic N) is 1. The highest BCUT2D eigenvalue weighted by atomic mass is 16.6. The van der Waals surface area contributed by atoms with Crippen LogP contribution >= 0.6 is 0 Å². The minimum absolute atomic E-state index is 0.0871. The van der Waals surface area contributed by atoms with Crippen molar-refractivity contribution in [2.24, 2.45) is 23.7 Å². The van der Waals surface area contributed by atoms with Gasteiger partial charge in [-0.1, -0.05) is 44.2 Å². The number of hydrogen-bond donors (Lipinski definition) is 2. The Labute approximate surface area is 181 Å². The van der Waals surface area contributed by atoms with Gasteiger partial charge in [-0.05, 0) is 42.7 Å². The molecule has 3 aliphatic rings. The number of phenols is 1. The van der Waals surface area contributed by atoms with Crippen LogP contribution < -0.4 is 0 Å². The van der Waals surface area contributed by atoms with E-state index in [0.717, 1.165) is 22.8 Å². The third-order valence-corrected chi connectivity index (χ3v) is 7.68. The Kier molecular flexibility index (Phi) is 4.83. The SMILES string of the molecule is CCCN1C(=O)[C@H]2[C@H](C[C@H](CC)[C@@]3(O)O[C@H](c4ccc(O)c5ccccc45)C[C@@H]23)C1=O. The Balaban J connectivity index is 1.56. The second kappa shape index (κ2) is 7.31. The number of hydrogen-bond acceptors (Lipinski definition) is 5. The normalized spacial score (nSPS) is 34.9. The maximum Gasteiger partial charge on any atom is 0.233 e. The van der Waals surface area contributed by atoms with Crippen molar-refractivity contribution >= 4 is 22.6 Å². The van der Waals surface area contributed by atoms with Crippen molar-refractivity contribution in [1.29, 1.82) is 0 Å². The summed E-state index contributed by atoms with van der Waals surface area (Å²) in [6.07, 6.45) is 1.94. The van der Waals surface area contributed by atoms with Crippen molar-refractivity contribution in [3.8, 4) is 5.75 Å². The van der Waals surface area contributed by atoms with Crippen molar-refractivity contribution in [2.75, 3.05) is 6.54 Å². The van der Waals surface area contributed by atoms with Crippen LogP contribution in [0.15, 0.2) is 36.4 Å². The molecule has 0 bridgehead atoms. The van der Waals surface area contributed by atoms with E-state index in [1.165, 1.54) is 4.90 Å². The quantitative estimate of drug-likeness (QED) is 0.732. The first kappa shape index (κ1) is 20.5. The van der Waals surface area contributed by atoms with E-state index in [1.807, 2.05) is 44.2 Å². The molecule has 2 aromatic rings. The second-order valence-electron chi connectivity index (χ2n) is 9.22. The highest BCUT2D eigenvalue weighted by molar-refractivity contribution is 6.05.